The molecule has 0 radical (unpaired) electrons. The predicted molar refractivity (Wildman–Crippen MR) is 81.9 cm³/mol. The Bertz CT molecular complexity index is 439. The number of rotatable bonds is 9. The standard InChI is InChI=1S/C16H23NO3/c1-4-9-17-10-5-6-13-7-8-15(19-2)14(11-13)16(12-18)20-3/h4-8,11,16-18H,1,9-10,12H2,2-3H3/b6-5+. The van der Waals surface area contributed by atoms with Crippen molar-refractivity contribution < 1.29 is 14.6 Å². The van der Waals surface area contributed by atoms with Gasteiger partial charge in [0.1, 0.15) is 11.9 Å². The van der Waals surface area contributed by atoms with E-state index in [4.69, 9.17) is 9.47 Å². The summed E-state index contributed by atoms with van der Waals surface area (Å²) in [4.78, 5) is 0. The minimum atomic E-state index is -0.378. The van der Waals surface area contributed by atoms with Gasteiger partial charge in [-0.1, -0.05) is 24.3 Å². The molecule has 1 unspecified atom stereocenters. The average Bonchev–Trinajstić information content (AvgIpc) is 2.48. The van der Waals surface area contributed by atoms with Gasteiger partial charge in [0.15, 0.2) is 0 Å². The number of nitrogens with one attached hydrogen (secondary N) is 1. The molecule has 0 bridgehead atoms. The van der Waals surface area contributed by atoms with Crippen LogP contribution in [0.25, 0.3) is 6.08 Å². The molecule has 1 aromatic rings. The highest BCUT2D eigenvalue weighted by Crippen LogP contribution is 2.28. The van der Waals surface area contributed by atoms with Crippen molar-refractivity contribution in [2.24, 2.45) is 0 Å². The van der Waals surface area contributed by atoms with Crippen molar-refractivity contribution in [3.63, 3.8) is 0 Å². The number of hydrogen-bond donors (Lipinski definition) is 2. The van der Waals surface area contributed by atoms with Crippen LogP contribution >= 0.6 is 0 Å². The number of aliphatic hydroxyl groups excluding tert-OH is 1. The number of aliphatic hydroxyl groups is 1. The summed E-state index contributed by atoms with van der Waals surface area (Å²) < 4.78 is 10.6. The molecule has 4 nitrogen and oxygen atoms in total. The van der Waals surface area contributed by atoms with Crippen LogP contribution in [0.4, 0.5) is 0 Å². The van der Waals surface area contributed by atoms with Gasteiger partial charge in [0.2, 0.25) is 0 Å². The van der Waals surface area contributed by atoms with Gasteiger partial charge < -0.3 is 19.9 Å². The smallest absolute Gasteiger partial charge is 0.124 e. The van der Waals surface area contributed by atoms with E-state index in [1.807, 2.05) is 36.4 Å². The Morgan fingerprint density at radius 1 is 1.35 bits per heavy atom. The lowest BCUT2D eigenvalue weighted by Gasteiger charge is -2.16. The summed E-state index contributed by atoms with van der Waals surface area (Å²) in [6.45, 7) is 5.13. The lowest BCUT2D eigenvalue weighted by Crippen LogP contribution is -2.12. The third-order valence-corrected chi connectivity index (χ3v) is 2.91. The zero-order chi connectivity index (χ0) is 14.8. The van der Waals surface area contributed by atoms with Crippen molar-refractivity contribution in [3.8, 4) is 5.75 Å². The molecule has 0 aromatic heterocycles. The molecule has 0 aliphatic rings. The Hall–Kier alpha value is -1.62. The van der Waals surface area contributed by atoms with Crippen molar-refractivity contribution in [3.05, 3.63) is 48.1 Å². The Morgan fingerprint density at radius 2 is 2.15 bits per heavy atom. The van der Waals surface area contributed by atoms with Crippen LogP contribution in [0.1, 0.15) is 17.2 Å². The van der Waals surface area contributed by atoms with Crippen molar-refractivity contribution >= 4 is 6.08 Å². The van der Waals surface area contributed by atoms with Crippen LogP contribution in [0, 0.1) is 0 Å². The lowest BCUT2D eigenvalue weighted by atomic mass is 10.0. The van der Waals surface area contributed by atoms with E-state index >= 15 is 0 Å². The quantitative estimate of drug-likeness (QED) is 0.536. The Kier molecular flexibility index (Phi) is 7.65. The van der Waals surface area contributed by atoms with E-state index in [1.165, 1.54) is 0 Å². The first-order valence-corrected chi connectivity index (χ1v) is 6.56. The number of hydrogen-bond acceptors (Lipinski definition) is 4. The van der Waals surface area contributed by atoms with E-state index in [-0.39, 0.29) is 12.7 Å². The minimum Gasteiger partial charge on any atom is -0.496 e. The Labute approximate surface area is 120 Å². The molecule has 1 atom stereocenters. The van der Waals surface area contributed by atoms with E-state index in [1.54, 1.807) is 14.2 Å². The highest BCUT2D eigenvalue weighted by molar-refractivity contribution is 5.54. The molecule has 0 heterocycles. The first kappa shape index (κ1) is 16.4. The summed E-state index contributed by atoms with van der Waals surface area (Å²) in [6, 6.07) is 5.82. The van der Waals surface area contributed by atoms with Crippen LogP contribution in [0.2, 0.25) is 0 Å². The zero-order valence-corrected chi connectivity index (χ0v) is 12.1. The monoisotopic (exact) mass is 277 g/mol. The van der Waals surface area contributed by atoms with Crippen molar-refractivity contribution in [1.29, 1.82) is 0 Å². The molecule has 1 rings (SSSR count). The van der Waals surface area contributed by atoms with Gasteiger partial charge in [-0.25, -0.2) is 0 Å². The molecule has 20 heavy (non-hydrogen) atoms. The van der Waals surface area contributed by atoms with E-state index in [9.17, 15) is 5.11 Å². The molecule has 0 fully saturated rings. The van der Waals surface area contributed by atoms with Gasteiger partial charge in [-0.05, 0) is 17.7 Å². The summed E-state index contributed by atoms with van der Waals surface area (Å²) in [7, 11) is 3.18. The number of methoxy groups -OCH3 is 2. The van der Waals surface area contributed by atoms with E-state index in [2.05, 4.69) is 11.9 Å². The fourth-order valence-corrected chi connectivity index (χ4v) is 1.87. The maximum atomic E-state index is 9.35. The van der Waals surface area contributed by atoms with E-state index < -0.39 is 0 Å². The summed E-state index contributed by atoms with van der Waals surface area (Å²) >= 11 is 0. The summed E-state index contributed by atoms with van der Waals surface area (Å²) in [5, 5.41) is 12.5. The molecular formula is C16H23NO3. The molecular weight excluding hydrogens is 254 g/mol. The molecule has 2 N–H and O–H groups in total. The number of benzene rings is 1. The maximum absolute atomic E-state index is 9.35. The molecule has 0 aliphatic carbocycles. The second kappa shape index (κ2) is 9.31. The topological polar surface area (TPSA) is 50.7 Å². The summed E-state index contributed by atoms with van der Waals surface area (Å²) in [5.74, 6) is 0.716. The zero-order valence-electron chi connectivity index (χ0n) is 12.1. The fraction of sp³-hybridized carbons (Fsp3) is 0.375. The summed E-state index contributed by atoms with van der Waals surface area (Å²) in [5.41, 5.74) is 1.88. The molecule has 1 aromatic carbocycles. The Balaban J connectivity index is 2.83. The van der Waals surface area contributed by atoms with Crippen molar-refractivity contribution in [2.45, 2.75) is 6.10 Å². The highest BCUT2D eigenvalue weighted by atomic mass is 16.5. The van der Waals surface area contributed by atoms with E-state index in [0.717, 1.165) is 24.2 Å². The third-order valence-electron chi connectivity index (χ3n) is 2.91. The SMILES string of the molecule is C=CCNC/C=C/c1ccc(OC)c(C(CO)OC)c1. The van der Waals surface area contributed by atoms with Crippen LogP contribution in [0.3, 0.4) is 0 Å². The van der Waals surface area contributed by atoms with Gasteiger partial charge in [-0.15, -0.1) is 6.58 Å². The second-order valence-corrected chi connectivity index (χ2v) is 4.26. The first-order chi connectivity index (χ1) is 9.76. The van der Waals surface area contributed by atoms with Crippen LogP contribution < -0.4 is 10.1 Å². The largest absolute Gasteiger partial charge is 0.496 e. The van der Waals surface area contributed by atoms with Crippen LogP contribution in [0.15, 0.2) is 36.9 Å². The molecule has 0 aliphatic heterocycles. The minimum absolute atomic E-state index is 0.0824. The fourth-order valence-electron chi connectivity index (χ4n) is 1.87. The number of ether oxygens (including phenoxy) is 2. The molecule has 0 amide bonds. The van der Waals surface area contributed by atoms with Gasteiger partial charge in [0.25, 0.3) is 0 Å². The molecule has 0 saturated heterocycles. The van der Waals surface area contributed by atoms with Gasteiger partial charge in [-0.2, -0.15) is 0 Å². The lowest BCUT2D eigenvalue weighted by molar-refractivity contribution is 0.0467. The van der Waals surface area contributed by atoms with Gasteiger partial charge in [-0.3, -0.25) is 0 Å². The molecule has 0 spiro atoms. The molecule has 4 heteroatoms. The first-order valence-electron chi connectivity index (χ1n) is 6.56. The van der Waals surface area contributed by atoms with Crippen molar-refractivity contribution in [1.82, 2.24) is 5.32 Å². The van der Waals surface area contributed by atoms with Crippen molar-refractivity contribution in [2.75, 3.05) is 33.9 Å². The highest BCUT2D eigenvalue weighted by Gasteiger charge is 2.14. The normalized spacial score (nSPS) is 12.6. The van der Waals surface area contributed by atoms with Crippen LogP contribution in [0.5, 0.6) is 5.75 Å². The van der Waals surface area contributed by atoms with Gasteiger partial charge >= 0.3 is 0 Å². The second-order valence-electron chi connectivity index (χ2n) is 4.26. The summed E-state index contributed by atoms with van der Waals surface area (Å²) in [6.07, 6.45) is 5.50. The van der Waals surface area contributed by atoms with Crippen LogP contribution in [-0.2, 0) is 4.74 Å². The Morgan fingerprint density at radius 3 is 2.75 bits per heavy atom. The van der Waals surface area contributed by atoms with Gasteiger partial charge in [0, 0.05) is 25.8 Å². The van der Waals surface area contributed by atoms with Crippen LogP contribution in [-0.4, -0.2) is 39.0 Å². The molecule has 110 valence electrons. The predicted octanol–water partition coefficient (Wildman–Crippen LogP) is 2.16. The van der Waals surface area contributed by atoms with E-state index in [0.29, 0.717) is 5.75 Å². The third kappa shape index (κ3) is 4.81. The van der Waals surface area contributed by atoms with Gasteiger partial charge in [0.05, 0.1) is 13.7 Å². The molecule has 0 saturated carbocycles. The maximum Gasteiger partial charge on any atom is 0.124 e. The average molecular weight is 277 g/mol.